The summed E-state index contributed by atoms with van der Waals surface area (Å²) in [4.78, 5) is 27.1. The molecule has 2 saturated heterocycles. The first-order valence-electron chi connectivity index (χ1n) is 7.17. The van der Waals surface area contributed by atoms with Crippen LogP contribution >= 0.6 is 0 Å². The second kappa shape index (κ2) is 5.73. The summed E-state index contributed by atoms with van der Waals surface area (Å²) in [6.07, 6.45) is 0.209. The number of amides is 2. The zero-order valence-corrected chi connectivity index (χ0v) is 11.8. The summed E-state index contributed by atoms with van der Waals surface area (Å²) in [6, 6.07) is 7.86. The van der Waals surface area contributed by atoms with Gasteiger partial charge in [0.15, 0.2) is 0 Å². The molecule has 0 aromatic heterocycles. The Hall–Kier alpha value is -2.08. The quantitative estimate of drug-likeness (QED) is 0.872. The van der Waals surface area contributed by atoms with Gasteiger partial charge in [-0.25, -0.2) is 0 Å². The highest BCUT2D eigenvalue weighted by Crippen LogP contribution is 2.27. The van der Waals surface area contributed by atoms with Crippen LogP contribution in [0.1, 0.15) is 6.42 Å². The molecule has 0 spiro atoms. The molecule has 0 unspecified atom stereocenters. The molecule has 6 heteroatoms. The molecule has 2 aliphatic heterocycles. The maximum Gasteiger partial charge on any atom is 0.227 e. The Morgan fingerprint density at radius 2 is 1.76 bits per heavy atom. The minimum Gasteiger partial charge on any atom is -0.378 e. The molecule has 112 valence electrons. The highest BCUT2D eigenvalue weighted by Gasteiger charge is 2.33. The summed E-state index contributed by atoms with van der Waals surface area (Å²) in [7, 11) is 0. The summed E-state index contributed by atoms with van der Waals surface area (Å²) < 4.78 is 5.34. The topological polar surface area (TPSA) is 75.9 Å². The fourth-order valence-corrected chi connectivity index (χ4v) is 2.81. The molecule has 6 nitrogen and oxygen atoms in total. The summed E-state index contributed by atoms with van der Waals surface area (Å²) >= 11 is 0. The largest absolute Gasteiger partial charge is 0.378 e. The number of anilines is 2. The van der Waals surface area contributed by atoms with Crippen LogP contribution in [-0.4, -0.2) is 44.7 Å². The lowest BCUT2D eigenvalue weighted by atomic mass is 10.1. The monoisotopic (exact) mass is 289 g/mol. The number of carbonyl (C=O) groups excluding carboxylic acids is 2. The zero-order valence-electron chi connectivity index (χ0n) is 11.8. The van der Waals surface area contributed by atoms with Gasteiger partial charge in [0.1, 0.15) is 0 Å². The third-order valence-electron chi connectivity index (χ3n) is 4.07. The van der Waals surface area contributed by atoms with Crippen molar-refractivity contribution in [3.8, 4) is 0 Å². The number of rotatable bonds is 3. The van der Waals surface area contributed by atoms with Crippen molar-refractivity contribution in [1.82, 2.24) is 0 Å². The Labute approximate surface area is 123 Å². The lowest BCUT2D eigenvalue weighted by Gasteiger charge is -2.29. The van der Waals surface area contributed by atoms with Crippen LogP contribution in [0.15, 0.2) is 24.3 Å². The molecule has 0 saturated carbocycles. The van der Waals surface area contributed by atoms with Gasteiger partial charge in [0.05, 0.1) is 19.1 Å². The van der Waals surface area contributed by atoms with Gasteiger partial charge >= 0.3 is 0 Å². The van der Waals surface area contributed by atoms with Crippen LogP contribution in [0.2, 0.25) is 0 Å². The maximum absolute atomic E-state index is 12.0. The van der Waals surface area contributed by atoms with Crippen molar-refractivity contribution in [2.75, 3.05) is 42.6 Å². The van der Waals surface area contributed by atoms with E-state index in [1.807, 2.05) is 24.3 Å². The first-order chi connectivity index (χ1) is 10.1. The van der Waals surface area contributed by atoms with E-state index in [1.54, 1.807) is 4.90 Å². The minimum absolute atomic E-state index is 0.0436. The van der Waals surface area contributed by atoms with Crippen molar-refractivity contribution in [2.24, 2.45) is 11.7 Å². The number of primary amides is 1. The van der Waals surface area contributed by atoms with Gasteiger partial charge in [0, 0.05) is 37.4 Å². The van der Waals surface area contributed by atoms with E-state index in [4.69, 9.17) is 10.5 Å². The van der Waals surface area contributed by atoms with Crippen molar-refractivity contribution in [2.45, 2.75) is 6.42 Å². The Morgan fingerprint density at radius 1 is 1.14 bits per heavy atom. The predicted octanol–water partition coefficient (Wildman–Crippen LogP) is 0.361. The lowest BCUT2D eigenvalue weighted by Crippen LogP contribution is -2.36. The molecule has 2 amide bonds. The third kappa shape index (κ3) is 2.85. The number of nitrogens with zero attached hydrogens (tertiary/aromatic N) is 2. The molecule has 21 heavy (non-hydrogen) atoms. The average molecular weight is 289 g/mol. The van der Waals surface area contributed by atoms with Crippen LogP contribution in [0.5, 0.6) is 0 Å². The fourth-order valence-electron chi connectivity index (χ4n) is 2.81. The lowest BCUT2D eigenvalue weighted by molar-refractivity contribution is -0.123. The first-order valence-corrected chi connectivity index (χ1v) is 7.17. The molecule has 0 radical (unpaired) electrons. The second-order valence-corrected chi connectivity index (χ2v) is 5.42. The summed E-state index contributed by atoms with van der Waals surface area (Å²) in [5.74, 6) is -0.829. The normalized spacial score (nSPS) is 22.7. The number of carbonyl (C=O) groups is 2. The van der Waals surface area contributed by atoms with Gasteiger partial charge in [-0.2, -0.15) is 0 Å². The molecule has 1 atom stereocenters. The first kappa shape index (κ1) is 13.9. The highest BCUT2D eigenvalue weighted by molar-refractivity contribution is 6.00. The van der Waals surface area contributed by atoms with Gasteiger partial charge in [-0.15, -0.1) is 0 Å². The number of ether oxygens (including phenoxy) is 1. The molecule has 0 bridgehead atoms. The summed E-state index contributed by atoms with van der Waals surface area (Å²) in [5.41, 5.74) is 7.23. The number of hydrogen-bond donors (Lipinski definition) is 1. The van der Waals surface area contributed by atoms with Gasteiger partial charge in [-0.05, 0) is 24.3 Å². The second-order valence-electron chi connectivity index (χ2n) is 5.42. The van der Waals surface area contributed by atoms with E-state index in [-0.39, 0.29) is 18.2 Å². The summed E-state index contributed by atoms with van der Waals surface area (Å²) in [6.45, 7) is 3.63. The van der Waals surface area contributed by atoms with E-state index in [1.165, 1.54) is 0 Å². The van der Waals surface area contributed by atoms with Gasteiger partial charge in [-0.3, -0.25) is 9.59 Å². The molecular formula is C15H19N3O3. The molecule has 2 heterocycles. The number of morpholine rings is 1. The summed E-state index contributed by atoms with van der Waals surface area (Å²) in [5, 5.41) is 0. The Kier molecular flexibility index (Phi) is 3.79. The van der Waals surface area contributed by atoms with Crippen molar-refractivity contribution in [3.05, 3.63) is 24.3 Å². The number of hydrogen-bond acceptors (Lipinski definition) is 4. The van der Waals surface area contributed by atoms with E-state index in [2.05, 4.69) is 4.90 Å². The van der Waals surface area contributed by atoms with E-state index >= 15 is 0 Å². The van der Waals surface area contributed by atoms with Crippen LogP contribution in [0, 0.1) is 5.92 Å². The Bertz CT molecular complexity index is 538. The van der Waals surface area contributed by atoms with Crippen molar-refractivity contribution in [3.63, 3.8) is 0 Å². The van der Waals surface area contributed by atoms with Crippen LogP contribution in [0.3, 0.4) is 0 Å². The Balaban J connectivity index is 1.72. The van der Waals surface area contributed by atoms with E-state index in [0.717, 1.165) is 37.7 Å². The Morgan fingerprint density at radius 3 is 2.33 bits per heavy atom. The van der Waals surface area contributed by atoms with Gasteiger partial charge in [-0.1, -0.05) is 0 Å². The molecule has 3 rings (SSSR count). The van der Waals surface area contributed by atoms with Crippen molar-refractivity contribution >= 4 is 23.2 Å². The number of nitrogens with two attached hydrogens (primary N) is 1. The van der Waals surface area contributed by atoms with Crippen LogP contribution in [0.25, 0.3) is 0 Å². The molecule has 1 aromatic carbocycles. The van der Waals surface area contributed by atoms with E-state index in [0.29, 0.717) is 6.54 Å². The number of benzene rings is 1. The minimum atomic E-state index is -0.407. The van der Waals surface area contributed by atoms with Gasteiger partial charge in [0.2, 0.25) is 11.8 Å². The van der Waals surface area contributed by atoms with Gasteiger partial charge in [0.25, 0.3) is 0 Å². The SMILES string of the molecule is NC(=O)[C@H]1CC(=O)N(c2ccc(N3CCOCC3)cc2)C1. The standard InChI is InChI=1S/C15H19N3O3/c16-15(20)11-9-14(19)18(10-11)13-3-1-12(2-4-13)17-5-7-21-8-6-17/h1-4,11H,5-10H2,(H2,16,20)/t11-/m0/s1. The molecule has 2 fully saturated rings. The third-order valence-corrected chi connectivity index (χ3v) is 4.07. The molecule has 2 N–H and O–H groups in total. The smallest absolute Gasteiger partial charge is 0.227 e. The fraction of sp³-hybridized carbons (Fsp3) is 0.467. The van der Waals surface area contributed by atoms with Gasteiger partial charge < -0.3 is 20.3 Å². The van der Waals surface area contributed by atoms with Crippen molar-refractivity contribution in [1.29, 1.82) is 0 Å². The van der Waals surface area contributed by atoms with E-state index < -0.39 is 5.91 Å². The highest BCUT2D eigenvalue weighted by atomic mass is 16.5. The van der Waals surface area contributed by atoms with Crippen LogP contribution in [0.4, 0.5) is 11.4 Å². The average Bonchev–Trinajstić information content (AvgIpc) is 2.91. The van der Waals surface area contributed by atoms with Crippen LogP contribution < -0.4 is 15.5 Å². The molecule has 1 aromatic rings. The van der Waals surface area contributed by atoms with E-state index in [9.17, 15) is 9.59 Å². The predicted molar refractivity (Wildman–Crippen MR) is 79.1 cm³/mol. The zero-order chi connectivity index (χ0) is 14.8. The molecule has 0 aliphatic carbocycles. The molecular weight excluding hydrogens is 270 g/mol. The van der Waals surface area contributed by atoms with Crippen LogP contribution in [-0.2, 0) is 14.3 Å². The molecule has 2 aliphatic rings. The van der Waals surface area contributed by atoms with Crippen molar-refractivity contribution < 1.29 is 14.3 Å². The maximum atomic E-state index is 12.0.